The van der Waals surface area contributed by atoms with E-state index < -0.39 is 0 Å². The van der Waals surface area contributed by atoms with Gasteiger partial charge < -0.3 is 0 Å². The van der Waals surface area contributed by atoms with Crippen LogP contribution in [0.25, 0.3) is 0 Å². The lowest BCUT2D eigenvalue weighted by atomic mass is 10.1. The van der Waals surface area contributed by atoms with Gasteiger partial charge in [0.05, 0.1) is 0 Å². The third kappa shape index (κ3) is 2.35. The normalized spacial score (nSPS) is 23.8. The number of nitrogens with zero attached hydrogens (tertiary/aromatic N) is 1. The highest BCUT2D eigenvalue weighted by Gasteiger charge is 2.22. The lowest BCUT2D eigenvalue weighted by molar-refractivity contribution is -0.103. The van der Waals surface area contributed by atoms with Crippen molar-refractivity contribution >= 4 is 6.29 Å². The molecule has 12 heavy (non-hydrogen) atoms. The van der Waals surface area contributed by atoms with Gasteiger partial charge in [0, 0.05) is 18.5 Å². The summed E-state index contributed by atoms with van der Waals surface area (Å²) in [7, 11) is 0. The number of hydrogen-bond acceptors (Lipinski definition) is 2. The fourth-order valence-corrected chi connectivity index (χ4v) is 1.53. The van der Waals surface area contributed by atoms with Crippen molar-refractivity contribution in [3.05, 3.63) is 0 Å². The first-order valence-corrected chi connectivity index (χ1v) is 4.42. The SMILES string of the molecule is CC(C)N1CCC(C#CC=O)C1. The van der Waals surface area contributed by atoms with Crippen molar-refractivity contribution in [1.29, 1.82) is 0 Å². The quantitative estimate of drug-likeness (QED) is 0.425. The van der Waals surface area contributed by atoms with E-state index in [2.05, 4.69) is 30.6 Å². The van der Waals surface area contributed by atoms with Gasteiger partial charge in [0.1, 0.15) is 0 Å². The maximum Gasteiger partial charge on any atom is 0.192 e. The summed E-state index contributed by atoms with van der Waals surface area (Å²) < 4.78 is 0. The molecule has 1 heterocycles. The predicted octanol–water partition coefficient (Wildman–Crippen LogP) is 0.919. The Morgan fingerprint density at radius 1 is 1.58 bits per heavy atom. The zero-order valence-corrected chi connectivity index (χ0v) is 7.71. The highest BCUT2D eigenvalue weighted by atomic mass is 16.1. The first-order chi connectivity index (χ1) is 5.74. The first-order valence-electron chi connectivity index (χ1n) is 4.42. The Morgan fingerprint density at radius 2 is 2.33 bits per heavy atom. The Labute approximate surface area is 73.9 Å². The fourth-order valence-electron chi connectivity index (χ4n) is 1.53. The van der Waals surface area contributed by atoms with Gasteiger partial charge in [-0.1, -0.05) is 5.92 Å². The van der Waals surface area contributed by atoms with E-state index in [1.807, 2.05) is 0 Å². The second kappa shape index (κ2) is 4.27. The molecular weight excluding hydrogens is 150 g/mol. The molecule has 1 aliphatic rings. The van der Waals surface area contributed by atoms with E-state index >= 15 is 0 Å². The maximum atomic E-state index is 9.99. The largest absolute Gasteiger partial charge is 0.300 e. The Hall–Kier alpha value is -0.810. The molecule has 1 atom stereocenters. The summed E-state index contributed by atoms with van der Waals surface area (Å²) in [6, 6.07) is 0.605. The van der Waals surface area contributed by atoms with Gasteiger partial charge in [-0.25, -0.2) is 0 Å². The van der Waals surface area contributed by atoms with Crippen molar-refractivity contribution in [2.75, 3.05) is 13.1 Å². The van der Waals surface area contributed by atoms with E-state index in [0.29, 0.717) is 18.2 Å². The van der Waals surface area contributed by atoms with Crippen LogP contribution in [0.5, 0.6) is 0 Å². The van der Waals surface area contributed by atoms with E-state index in [9.17, 15) is 4.79 Å². The summed E-state index contributed by atoms with van der Waals surface area (Å²) in [6.45, 7) is 6.53. The van der Waals surface area contributed by atoms with E-state index in [1.54, 1.807) is 0 Å². The van der Waals surface area contributed by atoms with Gasteiger partial charge in [0.2, 0.25) is 0 Å². The highest BCUT2D eigenvalue weighted by molar-refractivity contribution is 5.72. The molecule has 1 fully saturated rings. The van der Waals surface area contributed by atoms with Crippen LogP contribution in [-0.4, -0.2) is 30.3 Å². The van der Waals surface area contributed by atoms with Crippen molar-refractivity contribution in [2.24, 2.45) is 5.92 Å². The summed E-state index contributed by atoms with van der Waals surface area (Å²) >= 11 is 0. The molecular formula is C10H15NO. The molecule has 1 rings (SSSR count). The number of carbonyl (C=O) groups excluding carboxylic acids is 1. The lowest BCUT2D eigenvalue weighted by Gasteiger charge is -2.18. The molecule has 0 aromatic rings. The Morgan fingerprint density at radius 3 is 2.83 bits per heavy atom. The molecule has 0 aromatic heterocycles. The number of carbonyl (C=O) groups is 1. The minimum Gasteiger partial charge on any atom is -0.300 e. The molecule has 2 nitrogen and oxygen atoms in total. The van der Waals surface area contributed by atoms with Crippen molar-refractivity contribution < 1.29 is 4.79 Å². The van der Waals surface area contributed by atoms with E-state index in [1.165, 1.54) is 0 Å². The molecule has 0 aliphatic carbocycles. The molecule has 1 saturated heterocycles. The Bertz CT molecular complexity index is 212. The molecule has 0 radical (unpaired) electrons. The average Bonchev–Trinajstić information content (AvgIpc) is 2.48. The van der Waals surface area contributed by atoms with Crippen molar-refractivity contribution in [2.45, 2.75) is 26.3 Å². The minimum absolute atomic E-state index is 0.414. The molecule has 1 aliphatic heterocycles. The van der Waals surface area contributed by atoms with E-state index in [-0.39, 0.29) is 0 Å². The van der Waals surface area contributed by atoms with Crippen LogP contribution >= 0.6 is 0 Å². The Balaban J connectivity index is 2.40. The van der Waals surface area contributed by atoms with Crippen LogP contribution in [0.4, 0.5) is 0 Å². The van der Waals surface area contributed by atoms with Crippen LogP contribution in [0.3, 0.4) is 0 Å². The molecule has 2 heteroatoms. The molecule has 0 amide bonds. The van der Waals surface area contributed by atoms with Crippen molar-refractivity contribution in [3.63, 3.8) is 0 Å². The number of likely N-dealkylation sites (tertiary alicyclic amines) is 1. The lowest BCUT2D eigenvalue weighted by Crippen LogP contribution is -2.27. The van der Waals surface area contributed by atoms with Gasteiger partial charge >= 0.3 is 0 Å². The summed E-state index contributed by atoms with van der Waals surface area (Å²) in [6.07, 6.45) is 1.79. The molecule has 0 N–H and O–H groups in total. The topological polar surface area (TPSA) is 20.3 Å². The zero-order chi connectivity index (χ0) is 8.97. The smallest absolute Gasteiger partial charge is 0.192 e. The summed E-state index contributed by atoms with van der Waals surface area (Å²) in [5, 5.41) is 0. The number of rotatable bonds is 1. The third-order valence-corrected chi connectivity index (χ3v) is 2.30. The zero-order valence-electron chi connectivity index (χ0n) is 7.71. The molecule has 1 unspecified atom stereocenters. The van der Waals surface area contributed by atoms with Crippen LogP contribution in [0.2, 0.25) is 0 Å². The summed E-state index contributed by atoms with van der Waals surface area (Å²) in [5.74, 6) is 5.86. The monoisotopic (exact) mass is 165 g/mol. The minimum atomic E-state index is 0.414. The molecule has 0 spiro atoms. The van der Waals surface area contributed by atoms with Crippen LogP contribution in [0.1, 0.15) is 20.3 Å². The second-order valence-corrected chi connectivity index (χ2v) is 3.48. The summed E-state index contributed by atoms with van der Waals surface area (Å²) in [4.78, 5) is 12.4. The number of aldehydes is 1. The molecule has 66 valence electrons. The second-order valence-electron chi connectivity index (χ2n) is 3.48. The Kier molecular flexibility index (Phi) is 3.31. The standard InChI is InChI=1S/C10H15NO/c1-9(2)11-6-5-10(8-11)4-3-7-12/h7,9-10H,5-6,8H2,1-2H3. The molecule has 0 aromatic carbocycles. The highest BCUT2D eigenvalue weighted by Crippen LogP contribution is 2.17. The van der Waals surface area contributed by atoms with E-state index in [4.69, 9.17) is 0 Å². The summed E-state index contributed by atoms with van der Waals surface area (Å²) in [5.41, 5.74) is 0. The molecule has 0 bridgehead atoms. The van der Waals surface area contributed by atoms with Gasteiger partial charge in [-0.15, -0.1) is 0 Å². The predicted molar refractivity (Wildman–Crippen MR) is 48.7 cm³/mol. The van der Waals surface area contributed by atoms with Gasteiger partial charge in [0.15, 0.2) is 6.29 Å². The average molecular weight is 165 g/mol. The van der Waals surface area contributed by atoms with Crippen LogP contribution in [0, 0.1) is 17.8 Å². The first kappa shape index (κ1) is 9.28. The van der Waals surface area contributed by atoms with Gasteiger partial charge in [-0.3, -0.25) is 9.69 Å². The van der Waals surface area contributed by atoms with E-state index in [0.717, 1.165) is 19.5 Å². The maximum absolute atomic E-state index is 9.99. The van der Waals surface area contributed by atoms with Gasteiger partial charge in [0.25, 0.3) is 0 Å². The van der Waals surface area contributed by atoms with Crippen molar-refractivity contribution in [3.8, 4) is 11.8 Å². The number of hydrogen-bond donors (Lipinski definition) is 0. The van der Waals surface area contributed by atoms with Gasteiger partial charge in [-0.2, -0.15) is 0 Å². The van der Waals surface area contributed by atoms with Crippen molar-refractivity contribution in [1.82, 2.24) is 4.90 Å². The third-order valence-electron chi connectivity index (χ3n) is 2.30. The van der Waals surface area contributed by atoms with Crippen LogP contribution in [0.15, 0.2) is 0 Å². The van der Waals surface area contributed by atoms with Crippen LogP contribution < -0.4 is 0 Å². The fraction of sp³-hybridized carbons (Fsp3) is 0.700. The molecule has 0 saturated carbocycles. The van der Waals surface area contributed by atoms with Crippen LogP contribution in [-0.2, 0) is 4.79 Å². The van der Waals surface area contributed by atoms with Gasteiger partial charge in [-0.05, 0) is 32.7 Å².